The maximum absolute atomic E-state index is 10.9. The van der Waals surface area contributed by atoms with Gasteiger partial charge in [-0.05, 0) is 20.8 Å². The molecule has 0 heterocycles. The van der Waals surface area contributed by atoms with Crippen LogP contribution in [0.1, 0.15) is 20.8 Å². The van der Waals surface area contributed by atoms with Gasteiger partial charge in [-0.3, -0.25) is 0 Å². The molecule has 17 heavy (non-hydrogen) atoms. The molecule has 8 heteroatoms. The van der Waals surface area contributed by atoms with Crippen molar-refractivity contribution in [2.75, 3.05) is 19.6 Å². The molecule has 0 saturated heterocycles. The van der Waals surface area contributed by atoms with Crippen LogP contribution in [0.3, 0.4) is 0 Å². The summed E-state index contributed by atoms with van der Waals surface area (Å²) in [4.78, 5) is 1.68. The molecule has 0 aromatic rings. The number of quaternary nitrogens is 1. The summed E-state index contributed by atoms with van der Waals surface area (Å²) in [7, 11) is 0. The number of hydrogen-bond acceptors (Lipinski definition) is 1. The van der Waals surface area contributed by atoms with E-state index in [4.69, 9.17) is 0 Å². The van der Waals surface area contributed by atoms with E-state index in [1.54, 1.807) is 4.90 Å². The van der Waals surface area contributed by atoms with Crippen LogP contribution in [0.2, 0.25) is 0 Å². The predicted molar refractivity (Wildman–Crippen MR) is 48.5 cm³/mol. The molecular formula is C9H17F6NO. The quantitative estimate of drug-likeness (QED) is 0.753. The maximum Gasteiger partial charge on any atom is 0.385 e. The summed E-state index contributed by atoms with van der Waals surface area (Å²) >= 11 is 0. The van der Waals surface area contributed by atoms with Crippen LogP contribution in [0.5, 0.6) is 0 Å². The van der Waals surface area contributed by atoms with Gasteiger partial charge >= 0.3 is 12.4 Å². The van der Waals surface area contributed by atoms with Crippen LogP contribution in [0.15, 0.2) is 0 Å². The average molecular weight is 269 g/mol. The Labute approximate surface area is 96.2 Å². The third kappa shape index (κ3) is 9.22. The van der Waals surface area contributed by atoms with E-state index in [9.17, 15) is 31.4 Å². The van der Waals surface area contributed by atoms with E-state index in [0.29, 0.717) is 0 Å². The van der Waals surface area contributed by atoms with E-state index in [0.717, 1.165) is 0 Å². The van der Waals surface area contributed by atoms with Crippen molar-refractivity contribution in [2.45, 2.75) is 39.2 Å². The zero-order valence-corrected chi connectivity index (χ0v) is 9.87. The minimum Gasteiger partial charge on any atom is -0.839 e. The molecule has 0 amide bonds. The summed E-state index contributed by atoms with van der Waals surface area (Å²) in [6.45, 7) is 10.5. The summed E-state index contributed by atoms with van der Waals surface area (Å²) in [6, 6.07) is 0. The van der Waals surface area contributed by atoms with Gasteiger partial charge in [0.15, 0.2) is 0 Å². The van der Waals surface area contributed by atoms with Gasteiger partial charge in [0.05, 0.1) is 25.7 Å². The van der Waals surface area contributed by atoms with E-state index in [-0.39, 0.29) is 0 Å². The molecule has 0 aromatic heterocycles. The first-order valence-electron chi connectivity index (χ1n) is 5.13. The Bertz CT molecular complexity index is 167. The lowest BCUT2D eigenvalue weighted by Crippen LogP contribution is -3.11. The van der Waals surface area contributed by atoms with Gasteiger partial charge in [-0.1, -0.05) is 0 Å². The Kier molecular flexibility index (Phi) is 8.60. The second-order valence-corrected chi connectivity index (χ2v) is 3.27. The van der Waals surface area contributed by atoms with Gasteiger partial charge in [-0.25, -0.2) is 0 Å². The number of rotatable bonds is 3. The third-order valence-corrected chi connectivity index (χ3v) is 2.09. The maximum atomic E-state index is 10.9. The van der Waals surface area contributed by atoms with Crippen molar-refractivity contribution < 1.29 is 36.3 Å². The van der Waals surface area contributed by atoms with Crippen LogP contribution < -0.4 is 10.0 Å². The van der Waals surface area contributed by atoms with E-state index in [1.165, 1.54) is 19.6 Å². The van der Waals surface area contributed by atoms with Crippen LogP contribution in [0, 0.1) is 0 Å². The van der Waals surface area contributed by atoms with E-state index in [2.05, 4.69) is 20.8 Å². The Morgan fingerprint density at radius 2 is 1.06 bits per heavy atom. The summed E-state index contributed by atoms with van der Waals surface area (Å²) in [5, 5.41) is 9.32. The van der Waals surface area contributed by atoms with Crippen molar-refractivity contribution in [2.24, 2.45) is 0 Å². The molecule has 0 fully saturated rings. The highest BCUT2D eigenvalue weighted by Gasteiger charge is 2.48. The normalized spacial score (nSPS) is 12.7. The number of halogens is 6. The molecule has 2 nitrogen and oxygen atoms in total. The number of hydrogen-bond donors (Lipinski definition) is 1. The van der Waals surface area contributed by atoms with Gasteiger partial charge in [0, 0.05) is 0 Å². The molecule has 0 aliphatic carbocycles. The molecule has 0 rings (SSSR count). The SMILES string of the molecule is CC[NH+](CC)CC.[O-]C(C(F)(F)F)C(F)(F)F. The second kappa shape index (κ2) is 7.75. The first-order chi connectivity index (χ1) is 7.50. The van der Waals surface area contributed by atoms with Gasteiger partial charge in [0.1, 0.15) is 0 Å². The zero-order valence-electron chi connectivity index (χ0n) is 9.87. The Hall–Kier alpha value is -0.500. The van der Waals surface area contributed by atoms with Gasteiger partial charge in [-0.2, -0.15) is 26.3 Å². The Morgan fingerprint density at radius 3 is 1.06 bits per heavy atom. The number of nitrogens with one attached hydrogen (secondary N) is 1. The third-order valence-electron chi connectivity index (χ3n) is 2.09. The number of alkyl halides is 6. The lowest BCUT2D eigenvalue weighted by atomic mass is 10.3. The molecule has 0 unspecified atom stereocenters. The van der Waals surface area contributed by atoms with Crippen LogP contribution in [0.25, 0.3) is 0 Å². The molecular weight excluding hydrogens is 252 g/mol. The van der Waals surface area contributed by atoms with Crippen molar-refractivity contribution in [1.29, 1.82) is 0 Å². The van der Waals surface area contributed by atoms with Gasteiger partial charge in [-0.15, -0.1) is 0 Å². The van der Waals surface area contributed by atoms with Crippen LogP contribution >= 0.6 is 0 Å². The van der Waals surface area contributed by atoms with Crippen molar-refractivity contribution in [3.05, 3.63) is 0 Å². The minimum absolute atomic E-state index is 1.27. The van der Waals surface area contributed by atoms with Crippen molar-refractivity contribution in [3.8, 4) is 0 Å². The highest BCUT2D eigenvalue weighted by Crippen LogP contribution is 2.30. The lowest BCUT2D eigenvalue weighted by molar-refractivity contribution is -0.894. The summed E-state index contributed by atoms with van der Waals surface area (Å²) in [5.74, 6) is 0. The van der Waals surface area contributed by atoms with E-state index in [1.807, 2.05) is 0 Å². The zero-order chi connectivity index (χ0) is 14.3. The average Bonchev–Trinajstić information content (AvgIpc) is 2.17. The summed E-state index contributed by atoms with van der Waals surface area (Å²) in [6.07, 6.45) is -16.0. The minimum atomic E-state index is -5.74. The predicted octanol–water partition coefficient (Wildman–Crippen LogP) is 0.771. The molecule has 0 aliphatic heterocycles. The molecule has 0 aliphatic rings. The molecule has 0 bridgehead atoms. The fraction of sp³-hybridized carbons (Fsp3) is 1.00. The lowest BCUT2D eigenvalue weighted by Gasteiger charge is -2.27. The highest BCUT2D eigenvalue weighted by atomic mass is 19.4. The Balaban J connectivity index is 0. The first-order valence-corrected chi connectivity index (χ1v) is 5.13. The van der Waals surface area contributed by atoms with E-state index < -0.39 is 18.5 Å². The molecule has 0 saturated carbocycles. The van der Waals surface area contributed by atoms with Gasteiger partial charge in [0.2, 0.25) is 0 Å². The van der Waals surface area contributed by atoms with Gasteiger partial charge in [0.25, 0.3) is 0 Å². The summed E-state index contributed by atoms with van der Waals surface area (Å²) < 4.78 is 65.5. The van der Waals surface area contributed by atoms with E-state index >= 15 is 0 Å². The smallest absolute Gasteiger partial charge is 0.385 e. The molecule has 106 valence electrons. The molecule has 0 radical (unpaired) electrons. The molecule has 0 atom stereocenters. The molecule has 0 spiro atoms. The molecule has 1 N–H and O–H groups in total. The first kappa shape index (κ1) is 18.9. The van der Waals surface area contributed by atoms with Crippen LogP contribution in [-0.2, 0) is 0 Å². The highest BCUT2D eigenvalue weighted by molar-refractivity contribution is 4.71. The summed E-state index contributed by atoms with van der Waals surface area (Å²) in [5.41, 5.74) is 0. The molecule has 0 aromatic carbocycles. The standard InChI is InChI=1S/C6H15N.C3HF6O/c1-4-7(5-2)6-3;4-2(5,6)1(10)3(7,8)9/h4-6H2,1-3H3;1H/q;-1/p+1. The monoisotopic (exact) mass is 269 g/mol. The topological polar surface area (TPSA) is 27.5 Å². The fourth-order valence-electron chi connectivity index (χ4n) is 0.936. The van der Waals surface area contributed by atoms with Crippen LogP contribution in [0.4, 0.5) is 26.3 Å². The fourth-order valence-corrected chi connectivity index (χ4v) is 0.936. The van der Waals surface area contributed by atoms with Crippen molar-refractivity contribution >= 4 is 0 Å². The largest absolute Gasteiger partial charge is 0.839 e. The van der Waals surface area contributed by atoms with Crippen molar-refractivity contribution in [3.63, 3.8) is 0 Å². The second-order valence-electron chi connectivity index (χ2n) is 3.27. The van der Waals surface area contributed by atoms with Crippen LogP contribution in [-0.4, -0.2) is 38.1 Å². The Morgan fingerprint density at radius 1 is 0.824 bits per heavy atom. The van der Waals surface area contributed by atoms with Crippen molar-refractivity contribution in [1.82, 2.24) is 0 Å². The van der Waals surface area contributed by atoms with Gasteiger partial charge < -0.3 is 10.0 Å².